The van der Waals surface area contributed by atoms with Crippen molar-refractivity contribution in [3.8, 4) is 0 Å². The maximum Gasteiger partial charge on any atom is 0.316 e. The average molecular weight is 303 g/mol. The van der Waals surface area contributed by atoms with E-state index in [1.54, 1.807) is 0 Å². The van der Waals surface area contributed by atoms with Crippen molar-refractivity contribution in [3.63, 3.8) is 0 Å². The van der Waals surface area contributed by atoms with E-state index in [0.29, 0.717) is 18.5 Å². The maximum absolute atomic E-state index is 12.0. The molecule has 1 fully saturated rings. The predicted molar refractivity (Wildman–Crippen MR) is 83.3 cm³/mol. The van der Waals surface area contributed by atoms with E-state index in [1.165, 1.54) is 0 Å². The fourth-order valence-electron chi connectivity index (χ4n) is 2.54. The minimum atomic E-state index is -0.911. The third-order valence-electron chi connectivity index (χ3n) is 3.87. The summed E-state index contributed by atoms with van der Waals surface area (Å²) in [5.74, 6) is -2.31. The molecule has 22 heavy (non-hydrogen) atoms. The Kier molecular flexibility index (Phi) is 5.27. The first-order chi connectivity index (χ1) is 10.5. The van der Waals surface area contributed by atoms with Gasteiger partial charge in [0.2, 0.25) is 5.91 Å². The van der Waals surface area contributed by atoms with Gasteiger partial charge in [-0.05, 0) is 50.9 Å². The van der Waals surface area contributed by atoms with Crippen molar-refractivity contribution in [1.82, 2.24) is 10.6 Å². The number of imide groups is 1. The van der Waals surface area contributed by atoms with E-state index in [4.69, 9.17) is 0 Å². The summed E-state index contributed by atoms with van der Waals surface area (Å²) < 4.78 is 0. The van der Waals surface area contributed by atoms with Gasteiger partial charge in [0, 0.05) is 11.6 Å². The smallest absolute Gasteiger partial charge is 0.316 e. The minimum absolute atomic E-state index is 0.210. The molecule has 6 heteroatoms. The molecule has 1 aliphatic rings. The Labute approximate surface area is 129 Å². The van der Waals surface area contributed by atoms with Crippen molar-refractivity contribution in [1.29, 1.82) is 0 Å². The van der Waals surface area contributed by atoms with Crippen molar-refractivity contribution in [3.05, 3.63) is 29.3 Å². The molecule has 0 radical (unpaired) electrons. The molecule has 3 amide bonds. The Bertz CT molecular complexity index is 572. The Morgan fingerprint density at radius 2 is 1.64 bits per heavy atom. The van der Waals surface area contributed by atoms with Crippen LogP contribution in [0.25, 0.3) is 0 Å². The summed E-state index contributed by atoms with van der Waals surface area (Å²) in [6, 6.07) is 5.57. The molecule has 118 valence electrons. The van der Waals surface area contributed by atoms with Crippen molar-refractivity contribution in [2.45, 2.75) is 26.7 Å². The molecule has 6 nitrogen and oxygen atoms in total. The van der Waals surface area contributed by atoms with Gasteiger partial charge in [-0.1, -0.05) is 18.2 Å². The number of aryl methyl sites for hydroxylation is 2. The van der Waals surface area contributed by atoms with Gasteiger partial charge in [0.15, 0.2) is 0 Å². The highest BCUT2D eigenvalue weighted by molar-refractivity contribution is 6.42. The van der Waals surface area contributed by atoms with Gasteiger partial charge in [-0.15, -0.1) is 0 Å². The zero-order valence-corrected chi connectivity index (χ0v) is 12.9. The Morgan fingerprint density at radius 1 is 1.05 bits per heavy atom. The molecule has 2 rings (SSSR count). The molecular formula is C16H21N3O3. The Morgan fingerprint density at radius 3 is 2.23 bits per heavy atom. The number of carbonyl (C=O) groups is 3. The predicted octanol–water partition coefficient (Wildman–Crippen LogP) is 0.884. The summed E-state index contributed by atoms with van der Waals surface area (Å²) >= 11 is 0. The van der Waals surface area contributed by atoms with Crippen molar-refractivity contribution in [2.24, 2.45) is 5.92 Å². The molecule has 0 saturated carbocycles. The van der Waals surface area contributed by atoms with Crippen LogP contribution >= 0.6 is 0 Å². The number of benzene rings is 1. The van der Waals surface area contributed by atoms with Crippen LogP contribution in [0.1, 0.15) is 24.0 Å². The molecule has 0 bridgehead atoms. The highest BCUT2D eigenvalue weighted by Crippen LogP contribution is 2.19. The molecule has 1 aromatic rings. The molecule has 3 N–H and O–H groups in total. The van der Waals surface area contributed by atoms with Crippen molar-refractivity contribution < 1.29 is 14.4 Å². The number of amides is 3. The molecule has 0 aromatic heterocycles. The molecular weight excluding hydrogens is 282 g/mol. The first-order valence-electron chi connectivity index (χ1n) is 7.42. The molecule has 1 aliphatic heterocycles. The first kappa shape index (κ1) is 16.2. The van der Waals surface area contributed by atoms with Gasteiger partial charge in [-0.2, -0.15) is 0 Å². The fourth-order valence-corrected chi connectivity index (χ4v) is 2.54. The molecule has 0 atom stereocenters. The van der Waals surface area contributed by atoms with Gasteiger partial charge in [-0.25, -0.2) is 0 Å². The number of hydrogen-bond acceptors (Lipinski definition) is 4. The Hall–Kier alpha value is -2.21. The number of anilines is 1. The quantitative estimate of drug-likeness (QED) is 0.708. The van der Waals surface area contributed by atoms with E-state index in [-0.39, 0.29) is 11.8 Å². The summed E-state index contributed by atoms with van der Waals surface area (Å²) in [4.78, 5) is 35.8. The van der Waals surface area contributed by atoms with Crippen LogP contribution in [0.5, 0.6) is 0 Å². The van der Waals surface area contributed by atoms with E-state index in [2.05, 4.69) is 16.0 Å². The van der Waals surface area contributed by atoms with Crippen molar-refractivity contribution >= 4 is 23.4 Å². The summed E-state index contributed by atoms with van der Waals surface area (Å²) in [6.07, 6.45) is 1.36. The minimum Gasteiger partial charge on any atom is -0.317 e. The standard InChI is InChI=1S/C16H21N3O3/c1-10-4-3-5-11(2)13(10)18-15(21)16(22)19-14(20)12-6-8-17-9-7-12/h3-5,12,17H,6-9H2,1-2H3,(H,18,21)(H,19,20,22). The van der Waals surface area contributed by atoms with Crippen LogP contribution in [-0.4, -0.2) is 30.8 Å². The van der Waals surface area contributed by atoms with Crippen molar-refractivity contribution in [2.75, 3.05) is 18.4 Å². The fraction of sp³-hybridized carbons (Fsp3) is 0.438. The zero-order chi connectivity index (χ0) is 16.1. The lowest BCUT2D eigenvalue weighted by atomic mass is 9.97. The summed E-state index contributed by atoms with van der Waals surface area (Å²) in [5.41, 5.74) is 2.34. The van der Waals surface area contributed by atoms with Crippen LogP contribution in [0.15, 0.2) is 18.2 Å². The number of piperidine rings is 1. The Balaban J connectivity index is 1.94. The van der Waals surface area contributed by atoms with Crippen LogP contribution in [-0.2, 0) is 14.4 Å². The largest absolute Gasteiger partial charge is 0.317 e. The molecule has 1 aromatic carbocycles. The highest BCUT2D eigenvalue weighted by atomic mass is 16.2. The molecule has 1 heterocycles. The van der Waals surface area contributed by atoms with Crippen LogP contribution in [0.4, 0.5) is 5.69 Å². The maximum atomic E-state index is 12.0. The lowest BCUT2D eigenvalue weighted by Gasteiger charge is -2.21. The SMILES string of the molecule is Cc1cccc(C)c1NC(=O)C(=O)NC(=O)C1CCNCC1. The van der Waals surface area contributed by atoms with E-state index in [1.807, 2.05) is 32.0 Å². The topological polar surface area (TPSA) is 87.3 Å². The monoisotopic (exact) mass is 303 g/mol. The number of para-hydroxylation sites is 1. The van der Waals surface area contributed by atoms with Gasteiger partial charge in [0.05, 0.1) is 0 Å². The molecule has 0 spiro atoms. The van der Waals surface area contributed by atoms with Gasteiger partial charge < -0.3 is 10.6 Å². The van der Waals surface area contributed by atoms with Gasteiger partial charge >= 0.3 is 11.8 Å². The van der Waals surface area contributed by atoms with E-state index in [9.17, 15) is 14.4 Å². The number of rotatable bonds is 2. The van der Waals surface area contributed by atoms with Gasteiger partial charge in [0.1, 0.15) is 0 Å². The number of carbonyl (C=O) groups excluding carboxylic acids is 3. The zero-order valence-electron chi connectivity index (χ0n) is 12.9. The van der Waals surface area contributed by atoms with Gasteiger partial charge in [-0.3, -0.25) is 19.7 Å². The lowest BCUT2D eigenvalue weighted by molar-refractivity contribution is -0.141. The van der Waals surface area contributed by atoms with Crippen LogP contribution in [0, 0.1) is 19.8 Å². The second kappa shape index (κ2) is 7.17. The van der Waals surface area contributed by atoms with E-state index < -0.39 is 11.8 Å². The summed E-state index contributed by atoms with van der Waals surface area (Å²) in [5, 5.41) is 7.91. The second-order valence-electron chi connectivity index (χ2n) is 5.56. The van der Waals surface area contributed by atoms with Crippen LogP contribution < -0.4 is 16.0 Å². The molecule has 1 saturated heterocycles. The highest BCUT2D eigenvalue weighted by Gasteiger charge is 2.25. The third-order valence-corrected chi connectivity index (χ3v) is 3.87. The molecule has 0 aliphatic carbocycles. The van der Waals surface area contributed by atoms with E-state index >= 15 is 0 Å². The average Bonchev–Trinajstić information content (AvgIpc) is 2.51. The molecule has 0 unspecified atom stereocenters. The summed E-state index contributed by atoms with van der Waals surface area (Å²) in [6.45, 7) is 5.20. The number of hydrogen-bond donors (Lipinski definition) is 3. The third kappa shape index (κ3) is 3.92. The lowest BCUT2D eigenvalue weighted by Crippen LogP contribution is -2.44. The summed E-state index contributed by atoms with van der Waals surface area (Å²) in [7, 11) is 0. The van der Waals surface area contributed by atoms with Crippen LogP contribution in [0.2, 0.25) is 0 Å². The first-order valence-corrected chi connectivity index (χ1v) is 7.42. The number of nitrogens with one attached hydrogen (secondary N) is 3. The van der Waals surface area contributed by atoms with Crippen LogP contribution in [0.3, 0.4) is 0 Å². The van der Waals surface area contributed by atoms with Gasteiger partial charge in [0.25, 0.3) is 0 Å². The van der Waals surface area contributed by atoms with E-state index in [0.717, 1.165) is 24.2 Å². The second-order valence-corrected chi connectivity index (χ2v) is 5.56. The normalized spacial score (nSPS) is 15.2.